The van der Waals surface area contributed by atoms with Crippen LogP contribution in [0.2, 0.25) is 0 Å². The molecule has 1 fully saturated rings. The highest BCUT2D eigenvalue weighted by molar-refractivity contribution is 5.38. The van der Waals surface area contributed by atoms with Crippen LogP contribution in [0.3, 0.4) is 0 Å². The van der Waals surface area contributed by atoms with Crippen LogP contribution in [-0.2, 0) is 5.60 Å². The van der Waals surface area contributed by atoms with Crippen molar-refractivity contribution in [1.29, 1.82) is 0 Å². The van der Waals surface area contributed by atoms with E-state index in [-0.39, 0.29) is 0 Å². The van der Waals surface area contributed by atoms with Gasteiger partial charge in [-0.3, -0.25) is 0 Å². The standard InChI is InChI=1S/C14H20O/c1-3-11(4-2)12-7-5-6-8-13(12)14(15)9-10-14/h5-8,11,15H,3-4,9-10H2,1-2H3. The Morgan fingerprint density at radius 3 is 2.33 bits per heavy atom. The molecule has 0 saturated heterocycles. The fraction of sp³-hybridized carbons (Fsp3) is 0.571. The summed E-state index contributed by atoms with van der Waals surface area (Å²) in [5, 5.41) is 10.2. The van der Waals surface area contributed by atoms with Crippen molar-refractivity contribution in [3.8, 4) is 0 Å². The van der Waals surface area contributed by atoms with Gasteiger partial charge in [-0.2, -0.15) is 0 Å². The highest BCUT2D eigenvalue weighted by Crippen LogP contribution is 2.48. The first-order chi connectivity index (χ1) is 7.21. The Morgan fingerprint density at radius 2 is 1.80 bits per heavy atom. The molecule has 1 aromatic carbocycles. The SMILES string of the molecule is CCC(CC)c1ccccc1C1(O)CC1. The van der Waals surface area contributed by atoms with E-state index < -0.39 is 5.60 Å². The maximum absolute atomic E-state index is 10.2. The summed E-state index contributed by atoms with van der Waals surface area (Å²) >= 11 is 0. The third-order valence-electron chi connectivity index (χ3n) is 3.61. The second-order valence-electron chi connectivity index (χ2n) is 4.63. The van der Waals surface area contributed by atoms with Crippen molar-refractivity contribution in [3.05, 3.63) is 35.4 Å². The Bertz CT molecular complexity index is 335. The smallest absolute Gasteiger partial charge is 0.0901 e. The van der Waals surface area contributed by atoms with Crippen LogP contribution in [0.5, 0.6) is 0 Å². The molecule has 1 heteroatoms. The Balaban J connectivity index is 2.37. The predicted octanol–water partition coefficient (Wildman–Crippen LogP) is 3.57. The minimum atomic E-state index is -0.487. The first-order valence-electron chi connectivity index (χ1n) is 6.03. The topological polar surface area (TPSA) is 20.2 Å². The largest absolute Gasteiger partial charge is 0.385 e. The fourth-order valence-corrected chi connectivity index (χ4v) is 2.39. The minimum Gasteiger partial charge on any atom is -0.385 e. The molecule has 0 amide bonds. The lowest BCUT2D eigenvalue weighted by Gasteiger charge is -2.20. The molecule has 0 unspecified atom stereocenters. The van der Waals surface area contributed by atoms with E-state index in [9.17, 15) is 5.11 Å². The lowest BCUT2D eigenvalue weighted by Crippen LogP contribution is -2.10. The molecule has 0 atom stereocenters. The Labute approximate surface area is 92.1 Å². The molecule has 15 heavy (non-hydrogen) atoms. The Morgan fingerprint density at radius 1 is 1.20 bits per heavy atom. The molecule has 0 spiro atoms. The molecule has 0 bridgehead atoms. The van der Waals surface area contributed by atoms with Crippen LogP contribution < -0.4 is 0 Å². The Kier molecular flexibility index (Phi) is 2.83. The van der Waals surface area contributed by atoms with Crippen LogP contribution in [0, 0.1) is 0 Å². The van der Waals surface area contributed by atoms with Gasteiger partial charge in [0.25, 0.3) is 0 Å². The van der Waals surface area contributed by atoms with E-state index in [0.29, 0.717) is 5.92 Å². The molecular weight excluding hydrogens is 184 g/mol. The molecule has 0 radical (unpaired) electrons. The van der Waals surface area contributed by atoms with Crippen LogP contribution in [-0.4, -0.2) is 5.11 Å². The van der Waals surface area contributed by atoms with Gasteiger partial charge in [-0.25, -0.2) is 0 Å². The van der Waals surface area contributed by atoms with Crippen LogP contribution in [0.15, 0.2) is 24.3 Å². The van der Waals surface area contributed by atoms with Crippen molar-refractivity contribution in [2.75, 3.05) is 0 Å². The van der Waals surface area contributed by atoms with Crippen molar-refractivity contribution >= 4 is 0 Å². The van der Waals surface area contributed by atoms with Gasteiger partial charge >= 0.3 is 0 Å². The normalized spacial score (nSPS) is 18.1. The first kappa shape index (κ1) is 10.7. The monoisotopic (exact) mass is 204 g/mol. The van der Waals surface area contributed by atoms with Crippen molar-refractivity contribution in [3.63, 3.8) is 0 Å². The maximum atomic E-state index is 10.2. The summed E-state index contributed by atoms with van der Waals surface area (Å²) in [4.78, 5) is 0. The summed E-state index contributed by atoms with van der Waals surface area (Å²) in [5.41, 5.74) is 2.06. The number of benzene rings is 1. The zero-order valence-electron chi connectivity index (χ0n) is 9.66. The van der Waals surface area contributed by atoms with Gasteiger partial charge in [0.05, 0.1) is 5.60 Å². The number of rotatable bonds is 4. The average molecular weight is 204 g/mol. The summed E-state index contributed by atoms with van der Waals surface area (Å²) in [6, 6.07) is 8.41. The minimum absolute atomic E-state index is 0.487. The lowest BCUT2D eigenvalue weighted by molar-refractivity contribution is 0.150. The first-order valence-corrected chi connectivity index (χ1v) is 6.03. The Hall–Kier alpha value is -0.820. The molecule has 1 aliphatic rings. The number of aliphatic hydroxyl groups is 1. The van der Waals surface area contributed by atoms with E-state index in [1.54, 1.807) is 0 Å². The van der Waals surface area contributed by atoms with E-state index in [1.807, 2.05) is 6.07 Å². The number of hydrogen-bond donors (Lipinski definition) is 1. The summed E-state index contributed by atoms with van der Waals surface area (Å²) in [5.74, 6) is 0.603. The fourth-order valence-electron chi connectivity index (χ4n) is 2.39. The van der Waals surface area contributed by atoms with Crippen molar-refractivity contribution < 1.29 is 5.11 Å². The molecule has 1 nitrogen and oxygen atoms in total. The molecule has 82 valence electrons. The quantitative estimate of drug-likeness (QED) is 0.795. The van der Waals surface area contributed by atoms with Crippen LogP contribution in [0.1, 0.15) is 56.6 Å². The van der Waals surface area contributed by atoms with Crippen molar-refractivity contribution in [2.45, 2.75) is 51.0 Å². The third kappa shape index (κ3) is 1.93. The van der Waals surface area contributed by atoms with E-state index in [0.717, 1.165) is 25.7 Å². The molecule has 1 aliphatic carbocycles. The van der Waals surface area contributed by atoms with E-state index in [4.69, 9.17) is 0 Å². The number of hydrogen-bond acceptors (Lipinski definition) is 1. The maximum Gasteiger partial charge on any atom is 0.0901 e. The van der Waals surface area contributed by atoms with Crippen molar-refractivity contribution in [1.82, 2.24) is 0 Å². The van der Waals surface area contributed by atoms with Gasteiger partial charge in [-0.1, -0.05) is 38.1 Å². The molecular formula is C14H20O. The highest BCUT2D eigenvalue weighted by Gasteiger charge is 2.43. The van der Waals surface area contributed by atoms with Gasteiger partial charge in [0.15, 0.2) is 0 Å². The summed E-state index contributed by atoms with van der Waals surface area (Å²) < 4.78 is 0. The zero-order chi connectivity index (χ0) is 10.9. The molecule has 1 saturated carbocycles. The van der Waals surface area contributed by atoms with Gasteiger partial charge in [-0.15, -0.1) is 0 Å². The summed E-state index contributed by atoms with van der Waals surface area (Å²) in [6.45, 7) is 4.45. The highest BCUT2D eigenvalue weighted by atomic mass is 16.3. The molecule has 0 aliphatic heterocycles. The van der Waals surface area contributed by atoms with Crippen LogP contribution in [0.4, 0.5) is 0 Å². The van der Waals surface area contributed by atoms with Crippen molar-refractivity contribution in [2.24, 2.45) is 0 Å². The van der Waals surface area contributed by atoms with Gasteiger partial charge in [-0.05, 0) is 42.7 Å². The van der Waals surface area contributed by atoms with E-state index >= 15 is 0 Å². The van der Waals surface area contributed by atoms with Gasteiger partial charge in [0.1, 0.15) is 0 Å². The van der Waals surface area contributed by atoms with Crippen LogP contribution in [0.25, 0.3) is 0 Å². The second kappa shape index (κ2) is 3.97. The van der Waals surface area contributed by atoms with Gasteiger partial charge in [0, 0.05) is 0 Å². The third-order valence-corrected chi connectivity index (χ3v) is 3.61. The zero-order valence-corrected chi connectivity index (χ0v) is 9.66. The summed E-state index contributed by atoms with van der Waals surface area (Å²) in [6.07, 6.45) is 4.18. The van der Waals surface area contributed by atoms with E-state index in [2.05, 4.69) is 32.0 Å². The molecule has 0 aromatic heterocycles. The lowest BCUT2D eigenvalue weighted by atomic mass is 9.87. The molecule has 0 heterocycles. The predicted molar refractivity (Wildman–Crippen MR) is 62.9 cm³/mol. The van der Waals surface area contributed by atoms with Crippen LogP contribution >= 0.6 is 0 Å². The molecule has 2 rings (SSSR count). The van der Waals surface area contributed by atoms with Gasteiger partial charge < -0.3 is 5.11 Å². The van der Waals surface area contributed by atoms with Gasteiger partial charge in [0.2, 0.25) is 0 Å². The molecule has 1 N–H and O–H groups in total. The van der Waals surface area contributed by atoms with E-state index in [1.165, 1.54) is 11.1 Å². The average Bonchev–Trinajstić information content (AvgIpc) is 3.00. The molecule has 1 aromatic rings. The summed E-state index contributed by atoms with van der Waals surface area (Å²) in [7, 11) is 0. The second-order valence-corrected chi connectivity index (χ2v) is 4.63.